The molecule has 3 atom stereocenters. The second-order valence-corrected chi connectivity index (χ2v) is 9.83. The van der Waals surface area contributed by atoms with Gasteiger partial charge in [-0.1, -0.05) is 13.8 Å². The van der Waals surface area contributed by atoms with E-state index in [1.165, 1.54) is 11.0 Å². The molecule has 0 bridgehead atoms. The molecule has 174 valence electrons. The molecule has 1 aromatic carbocycles. The second-order valence-electron chi connectivity index (χ2n) is 8.08. The predicted octanol–water partition coefficient (Wildman–Crippen LogP) is 1.80. The van der Waals surface area contributed by atoms with Crippen molar-refractivity contribution < 1.29 is 27.5 Å². The molecule has 2 rings (SSSR count). The quantitative estimate of drug-likeness (QED) is 0.742. The number of likely N-dealkylation sites (N-methyl/N-ethyl adjacent to an activating group) is 1. The van der Waals surface area contributed by atoms with Crippen molar-refractivity contribution in [3.63, 3.8) is 0 Å². The van der Waals surface area contributed by atoms with Crippen molar-refractivity contribution in [2.45, 2.75) is 39.3 Å². The Morgan fingerprint density at radius 3 is 2.55 bits per heavy atom. The molecular formula is C21H33N3O6S. The van der Waals surface area contributed by atoms with Gasteiger partial charge in [0, 0.05) is 45.3 Å². The highest BCUT2D eigenvalue weighted by Gasteiger charge is 2.30. The summed E-state index contributed by atoms with van der Waals surface area (Å²) in [5, 5.41) is 0. The van der Waals surface area contributed by atoms with E-state index in [1.807, 2.05) is 20.8 Å². The number of fused-ring (bicyclic) bond motifs is 1. The molecule has 1 N–H and O–H groups in total. The van der Waals surface area contributed by atoms with Crippen molar-refractivity contribution in [2.75, 3.05) is 44.8 Å². The van der Waals surface area contributed by atoms with Gasteiger partial charge in [-0.25, -0.2) is 8.42 Å². The first-order chi connectivity index (χ1) is 14.5. The summed E-state index contributed by atoms with van der Waals surface area (Å²) < 4.78 is 37.2. The van der Waals surface area contributed by atoms with Gasteiger partial charge in [0.05, 0.1) is 24.0 Å². The molecule has 0 spiro atoms. The number of carbonyl (C=O) groups is 2. The van der Waals surface area contributed by atoms with Gasteiger partial charge >= 0.3 is 0 Å². The monoisotopic (exact) mass is 455 g/mol. The maximum absolute atomic E-state index is 13.2. The van der Waals surface area contributed by atoms with Crippen LogP contribution in [0.4, 0.5) is 5.69 Å². The first-order valence-corrected chi connectivity index (χ1v) is 12.2. The van der Waals surface area contributed by atoms with E-state index >= 15 is 0 Å². The number of sulfonamides is 1. The van der Waals surface area contributed by atoms with Crippen molar-refractivity contribution in [1.82, 2.24) is 9.80 Å². The number of hydrogen-bond acceptors (Lipinski definition) is 6. The molecule has 1 heterocycles. The highest BCUT2D eigenvalue weighted by molar-refractivity contribution is 7.92. The average Bonchev–Trinajstić information content (AvgIpc) is 2.71. The number of nitrogens with one attached hydrogen (secondary N) is 1. The fraction of sp³-hybridized carbons (Fsp3) is 0.619. The molecule has 0 radical (unpaired) electrons. The Bertz CT molecular complexity index is 904. The van der Waals surface area contributed by atoms with Crippen LogP contribution < -0.4 is 9.46 Å². The Morgan fingerprint density at radius 1 is 1.29 bits per heavy atom. The minimum Gasteiger partial charge on any atom is -0.491 e. The third-order valence-electron chi connectivity index (χ3n) is 5.37. The molecular weight excluding hydrogens is 422 g/mol. The van der Waals surface area contributed by atoms with E-state index < -0.39 is 10.0 Å². The van der Waals surface area contributed by atoms with Crippen LogP contribution in [0.15, 0.2) is 18.2 Å². The van der Waals surface area contributed by atoms with Gasteiger partial charge in [0.15, 0.2) is 0 Å². The summed E-state index contributed by atoms with van der Waals surface area (Å²) >= 11 is 0. The third kappa shape index (κ3) is 6.57. The molecule has 0 unspecified atom stereocenters. The normalized spacial score (nSPS) is 23.3. The van der Waals surface area contributed by atoms with Gasteiger partial charge in [0.25, 0.3) is 5.91 Å². The van der Waals surface area contributed by atoms with E-state index in [4.69, 9.17) is 9.47 Å². The number of methoxy groups -OCH3 is 1. The van der Waals surface area contributed by atoms with E-state index in [9.17, 15) is 18.0 Å². The van der Waals surface area contributed by atoms with Crippen LogP contribution >= 0.6 is 0 Å². The Kier molecular flexibility index (Phi) is 8.30. The van der Waals surface area contributed by atoms with Crippen LogP contribution in [0.3, 0.4) is 0 Å². The number of carbonyl (C=O) groups excluding carboxylic acids is 2. The lowest BCUT2D eigenvalue weighted by Gasteiger charge is -2.36. The van der Waals surface area contributed by atoms with Gasteiger partial charge in [0.2, 0.25) is 15.9 Å². The molecule has 0 aliphatic carbocycles. The van der Waals surface area contributed by atoms with E-state index in [2.05, 4.69) is 4.72 Å². The van der Waals surface area contributed by atoms with E-state index in [0.29, 0.717) is 25.3 Å². The van der Waals surface area contributed by atoms with Crippen molar-refractivity contribution in [1.29, 1.82) is 0 Å². The van der Waals surface area contributed by atoms with Crippen molar-refractivity contribution in [3.8, 4) is 5.75 Å². The number of rotatable bonds is 4. The molecule has 1 aromatic rings. The van der Waals surface area contributed by atoms with E-state index in [0.717, 1.165) is 6.26 Å². The summed E-state index contributed by atoms with van der Waals surface area (Å²) in [6.45, 7) is 6.70. The highest BCUT2D eigenvalue weighted by atomic mass is 32.2. The van der Waals surface area contributed by atoms with E-state index in [1.54, 1.807) is 31.2 Å². The Labute approximate surface area is 184 Å². The largest absolute Gasteiger partial charge is 0.491 e. The molecule has 1 aliphatic heterocycles. The van der Waals surface area contributed by atoms with Crippen LogP contribution in [0.5, 0.6) is 5.75 Å². The molecule has 0 saturated heterocycles. The number of hydrogen-bond donors (Lipinski definition) is 1. The third-order valence-corrected chi connectivity index (χ3v) is 5.98. The predicted molar refractivity (Wildman–Crippen MR) is 119 cm³/mol. The molecule has 1 aliphatic rings. The molecule has 0 fully saturated rings. The molecule has 0 saturated carbocycles. The lowest BCUT2D eigenvalue weighted by Crippen LogP contribution is -2.48. The highest BCUT2D eigenvalue weighted by Crippen LogP contribution is 2.27. The van der Waals surface area contributed by atoms with Crippen LogP contribution in [-0.4, -0.2) is 82.3 Å². The number of anilines is 1. The molecule has 0 aromatic heterocycles. The lowest BCUT2D eigenvalue weighted by atomic mass is 10.0. The van der Waals surface area contributed by atoms with Crippen LogP contribution in [0.2, 0.25) is 0 Å². The van der Waals surface area contributed by atoms with Gasteiger partial charge in [0.1, 0.15) is 12.4 Å². The van der Waals surface area contributed by atoms with Crippen LogP contribution in [0.1, 0.15) is 37.6 Å². The summed E-state index contributed by atoms with van der Waals surface area (Å²) in [6, 6.07) is 4.35. The maximum Gasteiger partial charge on any atom is 0.257 e. The summed E-state index contributed by atoms with van der Waals surface area (Å²) in [7, 11) is -0.256. The zero-order chi connectivity index (χ0) is 23.3. The van der Waals surface area contributed by atoms with E-state index in [-0.39, 0.29) is 47.7 Å². The Morgan fingerprint density at radius 2 is 1.97 bits per heavy atom. The van der Waals surface area contributed by atoms with Crippen molar-refractivity contribution in [3.05, 3.63) is 23.8 Å². The number of benzene rings is 1. The standard InChI is InChI=1S/C21H33N3O6S/c1-7-20(25)24-11-14(2)19(29-5)12-23(4)21(26)17-10-16(22-31(6,27)28)8-9-18(17)30-13-15(24)3/h8-10,14-15,19,22H,7,11-13H2,1-6H3/t14-,15+,19-/m1/s1. The smallest absolute Gasteiger partial charge is 0.257 e. The molecule has 2 amide bonds. The first-order valence-electron chi connectivity index (χ1n) is 10.3. The van der Waals surface area contributed by atoms with Crippen molar-refractivity contribution in [2.24, 2.45) is 5.92 Å². The van der Waals surface area contributed by atoms with Gasteiger partial charge in [-0.2, -0.15) is 0 Å². The lowest BCUT2D eigenvalue weighted by molar-refractivity contribution is -0.135. The number of ether oxygens (including phenoxy) is 2. The van der Waals surface area contributed by atoms with Crippen LogP contribution in [-0.2, 0) is 19.6 Å². The molecule has 9 nitrogen and oxygen atoms in total. The van der Waals surface area contributed by atoms with Crippen LogP contribution in [0.25, 0.3) is 0 Å². The Balaban J connectivity index is 2.48. The SMILES string of the molecule is CCC(=O)N1C[C@@H](C)[C@H](OC)CN(C)C(=O)c2cc(NS(C)(=O)=O)ccc2OC[C@@H]1C. The van der Waals surface area contributed by atoms with Gasteiger partial charge in [-0.3, -0.25) is 14.3 Å². The maximum atomic E-state index is 13.2. The second kappa shape index (κ2) is 10.3. The van der Waals surface area contributed by atoms with Gasteiger partial charge in [-0.05, 0) is 25.1 Å². The minimum atomic E-state index is -3.50. The number of amides is 2. The Hall–Kier alpha value is -2.33. The van der Waals surface area contributed by atoms with Crippen LogP contribution in [0, 0.1) is 5.92 Å². The molecule has 10 heteroatoms. The first kappa shape index (κ1) is 24.9. The van der Waals surface area contributed by atoms with Gasteiger partial charge < -0.3 is 19.3 Å². The minimum absolute atomic E-state index is 0.0182. The fourth-order valence-electron chi connectivity index (χ4n) is 3.60. The number of nitrogens with zero attached hydrogens (tertiary/aromatic N) is 2. The summed E-state index contributed by atoms with van der Waals surface area (Å²) in [6.07, 6.45) is 1.14. The zero-order valence-corrected chi connectivity index (χ0v) is 19.9. The average molecular weight is 456 g/mol. The zero-order valence-electron chi connectivity index (χ0n) is 19.0. The fourth-order valence-corrected chi connectivity index (χ4v) is 4.16. The topological polar surface area (TPSA) is 105 Å². The van der Waals surface area contributed by atoms with Gasteiger partial charge in [-0.15, -0.1) is 0 Å². The summed E-state index contributed by atoms with van der Waals surface area (Å²) in [4.78, 5) is 29.1. The summed E-state index contributed by atoms with van der Waals surface area (Å²) in [5.41, 5.74) is 0.506. The van der Waals surface area contributed by atoms with Crippen molar-refractivity contribution >= 4 is 27.5 Å². The summed E-state index contributed by atoms with van der Waals surface area (Å²) in [5.74, 6) is 0.0212. The molecule has 31 heavy (non-hydrogen) atoms.